The highest BCUT2D eigenvalue weighted by atomic mass is 35.5. The summed E-state index contributed by atoms with van der Waals surface area (Å²) < 4.78 is 1.35. The smallest absolute Gasteiger partial charge is 0.254 e. The molecule has 0 spiro atoms. The summed E-state index contributed by atoms with van der Waals surface area (Å²) in [6, 6.07) is 15.4. The van der Waals surface area contributed by atoms with Gasteiger partial charge in [0.25, 0.3) is 5.56 Å². The van der Waals surface area contributed by atoms with Gasteiger partial charge in [0.05, 0.1) is 0 Å². The summed E-state index contributed by atoms with van der Waals surface area (Å²) in [5, 5.41) is 1.05. The van der Waals surface area contributed by atoms with Crippen molar-refractivity contribution in [3.05, 3.63) is 80.7 Å². The van der Waals surface area contributed by atoms with Crippen molar-refractivity contribution >= 4 is 34.8 Å². The van der Waals surface area contributed by atoms with Crippen molar-refractivity contribution in [2.24, 2.45) is 0 Å². The number of amides is 1. The van der Waals surface area contributed by atoms with Crippen LogP contribution in [0.3, 0.4) is 0 Å². The van der Waals surface area contributed by atoms with E-state index in [0.717, 1.165) is 0 Å². The fourth-order valence-electron chi connectivity index (χ4n) is 2.69. The molecular formula is C20H17Cl2N3O2. The molecule has 0 N–H and O–H groups in total. The van der Waals surface area contributed by atoms with E-state index < -0.39 is 0 Å². The second-order valence-electron chi connectivity index (χ2n) is 6.09. The predicted octanol–water partition coefficient (Wildman–Crippen LogP) is 4.19. The molecule has 3 rings (SSSR count). The molecule has 7 heteroatoms. The van der Waals surface area contributed by atoms with Crippen LogP contribution >= 0.6 is 23.2 Å². The zero-order valence-electron chi connectivity index (χ0n) is 14.8. The Morgan fingerprint density at radius 1 is 1.07 bits per heavy atom. The lowest BCUT2D eigenvalue weighted by molar-refractivity contribution is -0.118. The predicted molar refractivity (Wildman–Crippen MR) is 109 cm³/mol. The molecule has 3 aromatic rings. The maximum Gasteiger partial charge on any atom is 0.254 e. The minimum Gasteiger partial charge on any atom is -0.314 e. The third kappa shape index (κ3) is 4.38. The summed E-state index contributed by atoms with van der Waals surface area (Å²) in [5.74, 6) is 0.128. The number of hydrogen-bond acceptors (Lipinski definition) is 3. The molecule has 1 heterocycles. The van der Waals surface area contributed by atoms with Crippen LogP contribution < -0.4 is 10.5 Å². The quantitative estimate of drug-likeness (QED) is 0.658. The number of benzene rings is 2. The van der Waals surface area contributed by atoms with Gasteiger partial charge in [-0.15, -0.1) is 0 Å². The molecule has 0 saturated carbocycles. The van der Waals surface area contributed by atoms with Gasteiger partial charge >= 0.3 is 0 Å². The van der Waals surface area contributed by atoms with Crippen LogP contribution in [0.2, 0.25) is 10.0 Å². The summed E-state index contributed by atoms with van der Waals surface area (Å²) in [6.45, 7) is 1.58. The molecule has 27 heavy (non-hydrogen) atoms. The lowest BCUT2D eigenvalue weighted by atomic mass is 10.2. The SMILES string of the molecule is Cc1cc(=O)n(CC(=O)N(C)c2cccc(Cl)c2)c(-c2cccc(Cl)c2)n1. The first-order chi connectivity index (χ1) is 12.8. The van der Waals surface area contributed by atoms with Gasteiger partial charge in [0.1, 0.15) is 12.4 Å². The molecule has 0 bridgehead atoms. The number of likely N-dealkylation sites (N-methyl/N-ethyl adjacent to an activating group) is 1. The van der Waals surface area contributed by atoms with Crippen LogP contribution in [-0.2, 0) is 11.3 Å². The lowest BCUT2D eigenvalue weighted by Gasteiger charge is -2.19. The molecule has 138 valence electrons. The van der Waals surface area contributed by atoms with Gasteiger partial charge in [0.15, 0.2) is 0 Å². The molecule has 0 radical (unpaired) electrons. The van der Waals surface area contributed by atoms with Gasteiger partial charge in [-0.3, -0.25) is 14.2 Å². The highest BCUT2D eigenvalue weighted by molar-refractivity contribution is 6.31. The van der Waals surface area contributed by atoms with Crippen molar-refractivity contribution in [3.8, 4) is 11.4 Å². The molecule has 2 aromatic carbocycles. The summed E-state index contributed by atoms with van der Waals surface area (Å²) in [5.41, 5.74) is 1.58. The molecule has 0 atom stereocenters. The summed E-state index contributed by atoms with van der Waals surface area (Å²) >= 11 is 12.1. The topological polar surface area (TPSA) is 55.2 Å². The maximum atomic E-state index is 12.8. The van der Waals surface area contributed by atoms with E-state index in [1.54, 1.807) is 62.5 Å². The largest absolute Gasteiger partial charge is 0.314 e. The van der Waals surface area contributed by atoms with Crippen molar-refractivity contribution in [2.45, 2.75) is 13.5 Å². The first-order valence-electron chi connectivity index (χ1n) is 8.21. The van der Waals surface area contributed by atoms with Crippen molar-refractivity contribution in [2.75, 3.05) is 11.9 Å². The third-order valence-electron chi connectivity index (χ3n) is 4.08. The van der Waals surface area contributed by atoms with Crippen LogP contribution in [0.25, 0.3) is 11.4 Å². The number of halogens is 2. The maximum absolute atomic E-state index is 12.8. The van der Waals surface area contributed by atoms with Crippen LogP contribution in [0, 0.1) is 6.92 Å². The zero-order chi connectivity index (χ0) is 19.6. The highest BCUT2D eigenvalue weighted by Crippen LogP contribution is 2.22. The van der Waals surface area contributed by atoms with E-state index >= 15 is 0 Å². The lowest BCUT2D eigenvalue weighted by Crippen LogP contribution is -2.35. The Kier molecular flexibility index (Phi) is 5.63. The molecule has 0 saturated heterocycles. The van der Waals surface area contributed by atoms with Crippen LogP contribution in [0.1, 0.15) is 5.69 Å². The van der Waals surface area contributed by atoms with Gasteiger partial charge in [0.2, 0.25) is 5.91 Å². The minimum atomic E-state index is -0.301. The normalized spacial score (nSPS) is 10.7. The third-order valence-corrected chi connectivity index (χ3v) is 4.55. The molecule has 0 aliphatic rings. The van der Waals surface area contributed by atoms with E-state index in [4.69, 9.17) is 23.2 Å². The molecule has 5 nitrogen and oxygen atoms in total. The zero-order valence-corrected chi connectivity index (χ0v) is 16.3. The van der Waals surface area contributed by atoms with E-state index in [0.29, 0.717) is 32.8 Å². The summed E-state index contributed by atoms with van der Waals surface area (Å²) in [6.07, 6.45) is 0. The standard InChI is InChI=1S/C20H17Cl2N3O2/c1-13-9-18(26)25(20(23-13)14-5-3-6-15(21)10-14)12-19(27)24(2)17-8-4-7-16(22)11-17/h3-11H,12H2,1-2H3. The van der Waals surface area contributed by atoms with Gasteiger partial charge in [-0.25, -0.2) is 4.98 Å². The van der Waals surface area contributed by atoms with Crippen molar-refractivity contribution in [3.63, 3.8) is 0 Å². The van der Waals surface area contributed by atoms with E-state index in [9.17, 15) is 9.59 Å². The Balaban J connectivity index is 1.99. The summed E-state index contributed by atoms with van der Waals surface area (Å²) in [4.78, 5) is 31.3. The van der Waals surface area contributed by atoms with Crippen molar-refractivity contribution < 1.29 is 4.79 Å². The Labute approximate surface area is 166 Å². The second kappa shape index (κ2) is 7.94. The Bertz CT molecular complexity index is 1060. The van der Waals surface area contributed by atoms with Crippen LogP contribution in [0.15, 0.2) is 59.4 Å². The molecule has 1 amide bonds. The number of hydrogen-bond donors (Lipinski definition) is 0. The molecule has 1 aromatic heterocycles. The van der Waals surface area contributed by atoms with E-state index in [1.165, 1.54) is 15.5 Å². The van der Waals surface area contributed by atoms with E-state index in [-0.39, 0.29) is 18.0 Å². The number of carbonyl (C=O) groups is 1. The minimum absolute atomic E-state index is 0.156. The highest BCUT2D eigenvalue weighted by Gasteiger charge is 2.17. The van der Waals surface area contributed by atoms with Gasteiger partial charge in [0, 0.05) is 40.1 Å². The molecule has 0 unspecified atom stereocenters. The molecule has 0 fully saturated rings. The van der Waals surface area contributed by atoms with Gasteiger partial charge < -0.3 is 4.90 Å². The number of aromatic nitrogens is 2. The number of nitrogens with zero attached hydrogens (tertiary/aromatic N) is 3. The van der Waals surface area contributed by atoms with Gasteiger partial charge in [-0.2, -0.15) is 0 Å². The van der Waals surface area contributed by atoms with Crippen LogP contribution in [0.5, 0.6) is 0 Å². The van der Waals surface area contributed by atoms with E-state index in [1.807, 2.05) is 0 Å². The first kappa shape index (κ1) is 19.1. The fraction of sp³-hybridized carbons (Fsp3) is 0.150. The molecule has 0 aliphatic heterocycles. The average molecular weight is 402 g/mol. The van der Waals surface area contributed by atoms with Crippen LogP contribution in [-0.4, -0.2) is 22.5 Å². The fourth-order valence-corrected chi connectivity index (χ4v) is 3.07. The van der Waals surface area contributed by atoms with Crippen molar-refractivity contribution in [1.82, 2.24) is 9.55 Å². The van der Waals surface area contributed by atoms with Crippen molar-refractivity contribution in [1.29, 1.82) is 0 Å². The summed E-state index contributed by atoms with van der Waals surface area (Å²) in [7, 11) is 1.64. The monoisotopic (exact) mass is 401 g/mol. The Morgan fingerprint density at radius 2 is 1.74 bits per heavy atom. The van der Waals surface area contributed by atoms with Crippen LogP contribution in [0.4, 0.5) is 5.69 Å². The number of aryl methyl sites for hydroxylation is 1. The van der Waals surface area contributed by atoms with E-state index in [2.05, 4.69) is 4.98 Å². The van der Waals surface area contributed by atoms with Gasteiger partial charge in [-0.1, -0.05) is 41.4 Å². The molecule has 0 aliphatic carbocycles. The number of anilines is 1. The Hall–Kier alpha value is -2.63. The van der Waals surface area contributed by atoms with Gasteiger partial charge in [-0.05, 0) is 37.3 Å². The number of carbonyl (C=O) groups excluding carboxylic acids is 1. The Morgan fingerprint density at radius 3 is 2.41 bits per heavy atom. The second-order valence-corrected chi connectivity index (χ2v) is 6.96. The number of rotatable bonds is 4. The molecular weight excluding hydrogens is 385 g/mol. The first-order valence-corrected chi connectivity index (χ1v) is 8.97. The average Bonchev–Trinajstić information content (AvgIpc) is 2.63.